The van der Waals surface area contributed by atoms with Crippen molar-refractivity contribution in [2.45, 2.75) is 91.0 Å². The van der Waals surface area contributed by atoms with Crippen molar-refractivity contribution >= 4 is 0 Å². The molecule has 5 unspecified atom stereocenters. The zero-order chi connectivity index (χ0) is 14.8. The molecule has 0 amide bonds. The highest BCUT2D eigenvalue weighted by Gasteiger charge is 2.61. The summed E-state index contributed by atoms with van der Waals surface area (Å²) in [5.41, 5.74) is 0.736. The Morgan fingerprint density at radius 1 is 0.850 bits per heavy atom. The SMILES string of the molecule is CC1(O)CCC2C(C)(CCC3C(C)(C)CCCC32C)O1. The average molecular weight is 280 g/mol. The molecule has 0 bridgehead atoms. The van der Waals surface area contributed by atoms with E-state index in [0.717, 1.165) is 25.2 Å². The molecule has 3 fully saturated rings. The Morgan fingerprint density at radius 3 is 2.20 bits per heavy atom. The standard InChI is InChI=1S/C18H32O2/c1-15(2)9-6-10-16(3)13(15)7-11-17(4)14(16)8-12-18(5,19)20-17/h13-14,19H,6-12H2,1-5H3. The van der Waals surface area contributed by atoms with Crippen LogP contribution in [0.4, 0.5) is 0 Å². The summed E-state index contributed by atoms with van der Waals surface area (Å²) in [6.45, 7) is 11.6. The van der Waals surface area contributed by atoms with Gasteiger partial charge in [-0.2, -0.15) is 0 Å². The molecule has 1 saturated heterocycles. The van der Waals surface area contributed by atoms with Crippen LogP contribution in [0.5, 0.6) is 0 Å². The summed E-state index contributed by atoms with van der Waals surface area (Å²) in [5.74, 6) is 0.501. The van der Waals surface area contributed by atoms with Crippen LogP contribution in [0, 0.1) is 22.7 Å². The molecule has 0 aromatic rings. The maximum Gasteiger partial charge on any atom is 0.163 e. The second-order valence-corrected chi connectivity index (χ2v) is 9.12. The first-order chi connectivity index (χ1) is 9.09. The van der Waals surface area contributed by atoms with Crippen molar-refractivity contribution in [3.63, 3.8) is 0 Å². The molecule has 0 spiro atoms. The summed E-state index contributed by atoms with van der Waals surface area (Å²) in [6, 6.07) is 0. The molecule has 0 radical (unpaired) electrons. The third-order valence-electron chi connectivity index (χ3n) is 7.09. The van der Waals surface area contributed by atoms with E-state index in [4.69, 9.17) is 4.74 Å². The molecule has 2 nitrogen and oxygen atoms in total. The lowest BCUT2D eigenvalue weighted by Gasteiger charge is -2.64. The molecule has 20 heavy (non-hydrogen) atoms. The minimum Gasteiger partial charge on any atom is -0.366 e. The molecule has 5 atom stereocenters. The fourth-order valence-electron chi connectivity index (χ4n) is 6.33. The van der Waals surface area contributed by atoms with Crippen molar-refractivity contribution in [3.8, 4) is 0 Å². The van der Waals surface area contributed by atoms with E-state index in [9.17, 15) is 5.11 Å². The third kappa shape index (κ3) is 2.06. The molecular weight excluding hydrogens is 248 g/mol. The first kappa shape index (κ1) is 14.8. The normalized spacial score (nSPS) is 54.9. The van der Waals surface area contributed by atoms with Gasteiger partial charge in [0.1, 0.15) is 0 Å². The zero-order valence-corrected chi connectivity index (χ0v) is 14.0. The van der Waals surface area contributed by atoms with Gasteiger partial charge in [0.05, 0.1) is 5.60 Å². The zero-order valence-electron chi connectivity index (χ0n) is 14.0. The lowest BCUT2D eigenvalue weighted by molar-refractivity contribution is -0.327. The van der Waals surface area contributed by atoms with Gasteiger partial charge in [-0.3, -0.25) is 0 Å². The van der Waals surface area contributed by atoms with Gasteiger partial charge < -0.3 is 9.84 Å². The highest BCUT2D eigenvalue weighted by molar-refractivity contribution is 5.09. The average Bonchev–Trinajstić information content (AvgIpc) is 2.24. The van der Waals surface area contributed by atoms with E-state index >= 15 is 0 Å². The van der Waals surface area contributed by atoms with Crippen LogP contribution in [0.1, 0.15) is 79.6 Å². The highest BCUT2D eigenvalue weighted by Crippen LogP contribution is 2.65. The van der Waals surface area contributed by atoms with Crippen LogP contribution in [0.15, 0.2) is 0 Å². The Morgan fingerprint density at radius 2 is 1.50 bits per heavy atom. The van der Waals surface area contributed by atoms with E-state index < -0.39 is 5.79 Å². The predicted molar refractivity (Wildman–Crippen MR) is 81.3 cm³/mol. The smallest absolute Gasteiger partial charge is 0.163 e. The van der Waals surface area contributed by atoms with Crippen molar-refractivity contribution in [1.29, 1.82) is 0 Å². The molecule has 1 N–H and O–H groups in total. The number of rotatable bonds is 0. The fourth-order valence-corrected chi connectivity index (χ4v) is 6.33. The third-order valence-corrected chi connectivity index (χ3v) is 7.09. The minimum atomic E-state index is -0.918. The highest BCUT2D eigenvalue weighted by atomic mass is 16.6. The predicted octanol–water partition coefficient (Wildman–Crippen LogP) is 4.51. The van der Waals surface area contributed by atoms with Crippen LogP contribution < -0.4 is 0 Å². The van der Waals surface area contributed by atoms with Crippen molar-refractivity contribution < 1.29 is 9.84 Å². The summed E-state index contributed by atoms with van der Waals surface area (Å²) in [7, 11) is 0. The Balaban J connectivity index is 1.95. The minimum absolute atomic E-state index is 0.125. The van der Waals surface area contributed by atoms with Crippen LogP contribution in [-0.2, 0) is 4.74 Å². The lowest BCUT2D eigenvalue weighted by Crippen LogP contribution is -2.62. The Bertz CT molecular complexity index is 400. The molecule has 2 saturated carbocycles. The number of fused-ring (bicyclic) bond motifs is 3. The maximum atomic E-state index is 10.3. The van der Waals surface area contributed by atoms with Crippen LogP contribution >= 0.6 is 0 Å². The van der Waals surface area contributed by atoms with Gasteiger partial charge in [-0.15, -0.1) is 0 Å². The first-order valence-electron chi connectivity index (χ1n) is 8.52. The van der Waals surface area contributed by atoms with E-state index in [1.54, 1.807) is 0 Å². The van der Waals surface area contributed by atoms with Crippen molar-refractivity contribution in [2.24, 2.45) is 22.7 Å². The molecule has 116 valence electrons. The van der Waals surface area contributed by atoms with Crippen LogP contribution in [-0.4, -0.2) is 16.5 Å². The Hall–Kier alpha value is -0.0800. The summed E-state index contributed by atoms with van der Waals surface area (Å²) in [5, 5.41) is 10.3. The first-order valence-corrected chi connectivity index (χ1v) is 8.52. The second kappa shape index (κ2) is 4.23. The van der Waals surface area contributed by atoms with Crippen molar-refractivity contribution in [3.05, 3.63) is 0 Å². The molecule has 0 aromatic heterocycles. The Labute approximate surface area is 124 Å². The van der Waals surface area contributed by atoms with Gasteiger partial charge >= 0.3 is 0 Å². The van der Waals surface area contributed by atoms with Gasteiger partial charge in [0.15, 0.2) is 5.79 Å². The monoisotopic (exact) mass is 280 g/mol. The molecule has 3 rings (SSSR count). The number of aliphatic hydroxyl groups is 1. The number of ether oxygens (including phenoxy) is 1. The van der Waals surface area contributed by atoms with Crippen LogP contribution in [0.3, 0.4) is 0 Å². The molecule has 3 aliphatic rings. The van der Waals surface area contributed by atoms with Crippen LogP contribution in [0.2, 0.25) is 0 Å². The molecule has 1 aliphatic heterocycles. The van der Waals surface area contributed by atoms with Gasteiger partial charge in [0.2, 0.25) is 0 Å². The van der Waals surface area contributed by atoms with E-state index in [1.165, 1.54) is 25.7 Å². The summed E-state index contributed by atoms with van der Waals surface area (Å²) >= 11 is 0. The van der Waals surface area contributed by atoms with E-state index in [0.29, 0.717) is 16.7 Å². The Kier molecular flexibility index (Phi) is 3.14. The van der Waals surface area contributed by atoms with E-state index in [1.807, 2.05) is 6.92 Å². The molecule has 2 heteroatoms. The number of hydrogen-bond donors (Lipinski definition) is 1. The summed E-state index contributed by atoms with van der Waals surface area (Å²) < 4.78 is 6.20. The van der Waals surface area contributed by atoms with Gasteiger partial charge in [-0.1, -0.05) is 27.2 Å². The fraction of sp³-hybridized carbons (Fsp3) is 1.00. The largest absolute Gasteiger partial charge is 0.366 e. The number of hydrogen-bond acceptors (Lipinski definition) is 2. The molecule has 0 aromatic carbocycles. The lowest BCUT2D eigenvalue weighted by atomic mass is 9.44. The quantitative estimate of drug-likeness (QED) is 0.707. The van der Waals surface area contributed by atoms with E-state index in [-0.39, 0.29) is 5.60 Å². The van der Waals surface area contributed by atoms with Gasteiger partial charge in [0.25, 0.3) is 0 Å². The van der Waals surface area contributed by atoms with Crippen molar-refractivity contribution in [2.75, 3.05) is 0 Å². The van der Waals surface area contributed by atoms with E-state index in [2.05, 4.69) is 27.7 Å². The summed E-state index contributed by atoms with van der Waals surface area (Å²) in [4.78, 5) is 0. The van der Waals surface area contributed by atoms with Gasteiger partial charge in [-0.05, 0) is 68.6 Å². The van der Waals surface area contributed by atoms with Gasteiger partial charge in [-0.25, -0.2) is 0 Å². The maximum absolute atomic E-state index is 10.3. The molecule has 1 heterocycles. The molecular formula is C18H32O2. The van der Waals surface area contributed by atoms with Crippen molar-refractivity contribution in [1.82, 2.24) is 0 Å². The summed E-state index contributed by atoms with van der Waals surface area (Å²) in [6.07, 6.45) is 8.33. The van der Waals surface area contributed by atoms with Gasteiger partial charge in [0, 0.05) is 6.42 Å². The topological polar surface area (TPSA) is 29.5 Å². The second-order valence-electron chi connectivity index (χ2n) is 9.12. The van der Waals surface area contributed by atoms with Crippen LogP contribution in [0.25, 0.3) is 0 Å². The molecule has 2 aliphatic carbocycles.